The second-order valence-corrected chi connectivity index (χ2v) is 9.05. The van der Waals surface area contributed by atoms with Crippen LogP contribution in [0.15, 0.2) is 89.1 Å². The summed E-state index contributed by atoms with van der Waals surface area (Å²) in [5.74, 6) is -0.122. The van der Waals surface area contributed by atoms with Gasteiger partial charge in [-0.05, 0) is 42.0 Å². The molecule has 7 heteroatoms. The van der Waals surface area contributed by atoms with Crippen molar-refractivity contribution in [1.82, 2.24) is 4.98 Å². The average molecular weight is 469 g/mol. The van der Waals surface area contributed by atoms with Crippen LogP contribution in [0.3, 0.4) is 0 Å². The predicted molar refractivity (Wildman–Crippen MR) is 127 cm³/mol. The van der Waals surface area contributed by atoms with E-state index in [2.05, 4.69) is 0 Å². The molecule has 4 aromatic rings. The Morgan fingerprint density at radius 2 is 1.71 bits per heavy atom. The smallest absolute Gasteiger partial charge is 0.239 e. The van der Waals surface area contributed by atoms with Gasteiger partial charge < -0.3 is 0 Å². The summed E-state index contributed by atoms with van der Waals surface area (Å²) in [6, 6.07) is 23.4. The number of carbonyl (C=O) groups is 1. The molecule has 0 spiro atoms. The van der Waals surface area contributed by atoms with Gasteiger partial charge in [-0.2, -0.15) is 0 Å². The van der Waals surface area contributed by atoms with E-state index in [0.717, 1.165) is 21.7 Å². The molecule has 0 fully saturated rings. The fourth-order valence-electron chi connectivity index (χ4n) is 2.92. The summed E-state index contributed by atoms with van der Waals surface area (Å²) in [7, 11) is 0. The number of rotatable bonds is 7. The highest BCUT2D eigenvalue weighted by Crippen LogP contribution is 2.30. The molecular formula is C24H18ClFN2OS2. The van der Waals surface area contributed by atoms with E-state index < -0.39 is 0 Å². The van der Waals surface area contributed by atoms with Gasteiger partial charge in [0.25, 0.3) is 0 Å². The van der Waals surface area contributed by atoms with Gasteiger partial charge in [-0.3, -0.25) is 9.69 Å². The molecule has 1 heterocycles. The summed E-state index contributed by atoms with van der Waals surface area (Å²) in [6.45, 7) is 0.428. The number of carbonyl (C=O) groups excluding carboxylic acids is 1. The van der Waals surface area contributed by atoms with Gasteiger partial charge in [-0.1, -0.05) is 54.1 Å². The number of aromatic nitrogens is 1. The standard InChI is InChI=1S/C24H18ClFN2OS2/c25-19-8-6-18(7-9-19)22-15-31-24(27-22)28(14-17-4-2-1-3-5-17)23(29)16-30-21-12-10-20(26)11-13-21/h1-13,15H,14,16H2. The van der Waals surface area contributed by atoms with Crippen LogP contribution in [0.5, 0.6) is 0 Å². The average Bonchev–Trinajstić information content (AvgIpc) is 3.28. The third kappa shape index (κ3) is 5.73. The van der Waals surface area contributed by atoms with E-state index in [-0.39, 0.29) is 17.5 Å². The van der Waals surface area contributed by atoms with Gasteiger partial charge in [-0.25, -0.2) is 9.37 Å². The van der Waals surface area contributed by atoms with Gasteiger partial charge in [0.2, 0.25) is 5.91 Å². The maximum absolute atomic E-state index is 13.2. The Hall–Kier alpha value is -2.67. The summed E-state index contributed by atoms with van der Waals surface area (Å²) in [6.07, 6.45) is 0. The second kappa shape index (κ2) is 10.1. The van der Waals surface area contributed by atoms with E-state index in [1.54, 1.807) is 17.0 Å². The molecule has 0 N–H and O–H groups in total. The summed E-state index contributed by atoms with van der Waals surface area (Å²) in [4.78, 5) is 20.4. The number of hydrogen-bond donors (Lipinski definition) is 0. The number of amides is 1. The molecule has 0 saturated carbocycles. The molecule has 31 heavy (non-hydrogen) atoms. The first-order valence-electron chi connectivity index (χ1n) is 9.52. The van der Waals surface area contributed by atoms with Crippen LogP contribution in [0, 0.1) is 5.82 Å². The minimum Gasteiger partial charge on any atom is -0.283 e. The van der Waals surface area contributed by atoms with Crippen LogP contribution in [0.4, 0.5) is 9.52 Å². The van der Waals surface area contributed by atoms with Crippen molar-refractivity contribution in [3.8, 4) is 11.3 Å². The molecule has 0 saturated heterocycles. The van der Waals surface area contributed by atoms with Gasteiger partial charge in [0.1, 0.15) is 5.82 Å². The third-order valence-corrected chi connectivity index (χ3v) is 6.64. The molecule has 4 rings (SSSR count). The number of benzene rings is 3. The summed E-state index contributed by atoms with van der Waals surface area (Å²) in [5.41, 5.74) is 2.76. The topological polar surface area (TPSA) is 33.2 Å². The molecule has 0 atom stereocenters. The summed E-state index contributed by atoms with van der Waals surface area (Å²) in [5, 5.41) is 3.24. The number of hydrogen-bond acceptors (Lipinski definition) is 4. The molecule has 0 aliphatic rings. The van der Waals surface area contributed by atoms with Crippen LogP contribution in [-0.2, 0) is 11.3 Å². The van der Waals surface area contributed by atoms with Crippen molar-refractivity contribution in [1.29, 1.82) is 0 Å². The van der Waals surface area contributed by atoms with Crippen LogP contribution in [-0.4, -0.2) is 16.6 Å². The lowest BCUT2D eigenvalue weighted by molar-refractivity contribution is -0.116. The highest BCUT2D eigenvalue weighted by atomic mass is 35.5. The first kappa shape index (κ1) is 21.6. The van der Waals surface area contributed by atoms with Crippen LogP contribution in [0.1, 0.15) is 5.56 Å². The zero-order valence-corrected chi connectivity index (χ0v) is 18.8. The SMILES string of the molecule is O=C(CSc1ccc(F)cc1)N(Cc1ccccc1)c1nc(-c2ccc(Cl)cc2)cs1. The first-order chi connectivity index (χ1) is 15.1. The molecule has 3 aromatic carbocycles. The van der Waals surface area contributed by atoms with E-state index in [4.69, 9.17) is 16.6 Å². The lowest BCUT2D eigenvalue weighted by Gasteiger charge is -2.20. The molecule has 0 aliphatic carbocycles. The van der Waals surface area contributed by atoms with Crippen LogP contribution in [0.25, 0.3) is 11.3 Å². The van der Waals surface area contributed by atoms with Crippen LogP contribution in [0.2, 0.25) is 5.02 Å². The largest absolute Gasteiger partial charge is 0.283 e. The fourth-order valence-corrected chi connectivity index (χ4v) is 4.67. The zero-order chi connectivity index (χ0) is 21.6. The Morgan fingerprint density at radius 1 is 1.00 bits per heavy atom. The van der Waals surface area contributed by atoms with Crippen LogP contribution < -0.4 is 4.90 Å². The van der Waals surface area contributed by atoms with Crippen LogP contribution >= 0.6 is 34.7 Å². The maximum Gasteiger partial charge on any atom is 0.239 e. The molecule has 156 valence electrons. The molecule has 1 aromatic heterocycles. The molecule has 1 amide bonds. The number of thioether (sulfide) groups is 1. The minimum absolute atomic E-state index is 0.0600. The molecular weight excluding hydrogens is 451 g/mol. The van der Waals surface area contributed by atoms with E-state index in [1.165, 1.54) is 35.2 Å². The number of anilines is 1. The normalized spacial score (nSPS) is 10.8. The fraction of sp³-hybridized carbons (Fsp3) is 0.0833. The van der Waals surface area contributed by atoms with Crippen molar-refractivity contribution < 1.29 is 9.18 Å². The van der Waals surface area contributed by atoms with E-state index in [1.807, 2.05) is 60.0 Å². The Kier molecular flexibility index (Phi) is 7.02. The van der Waals surface area contributed by atoms with Gasteiger partial charge >= 0.3 is 0 Å². The zero-order valence-electron chi connectivity index (χ0n) is 16.4. The van der Waals surface area contributed by atoms with Crippen molar-refractivity contribution in [2.75, 3.05) is 10.7 Å². The third-order valence-electron chi connectivity index (χ3n) is 4.52. The highest BCUT2D eigenvalue weighted by molar-refractivity contribution is 8.00. The Bertz CT molecular complexity index is 1150. The minimum atomic E-state index is -0.293. The van der Waals surface area contributed by atoms with Gasteiger partial charge in [0.15, 0.2) is 5.13 Å². The Morgan fingerprint density at radius 3 is 2.42 bits per heavy atom. The number of nitrogens with zero attached hydrogens (tertiary/aromatic N) is 2. The molecule has 0 unspecified atom stereocenters. The Labute approximate surface area is 193 Å². The summed E-state index contributed by atoms with van der Waals surface area (Å²) >= 11 is 8.80. The Balaban J connectivity index is 1.56. The van der Waals surface area contributed by atoms with Crippen molar-refractivity contribution in [3.05, 3.63) is 101 Å². The number of halogens is 2. The highest BCUT2D eigenvalue weighted by Gasteiger charge is 2.20. The molecule has 3 nitrogen and oxygen atoms in total. The monoisotopic (exact) mass is 468 g/mol. The molecule has 0 aliphatic heterocycles. The van der Waals surface area contributed by atoms with Gasteiger partial charge in [0.05, 0.1) is 18.0 Å². The lowest BCUT2D eigenvalue weighted by Crippen LogP contribution is -2.31. The van der Waals surface area contributed by atoms with Crippen molar-refractivity contribution in [2.24, 2.45) is 0 Å². The van der Waals surface area contributed by atoms with E-state index >= 15 is 0 Å². The lowest BCUT2D eigenvalue weighted by atomic mass is 10.2. The van der Waals surface area contributed by atoms with E-state index in [0.29, 0.717) is 16.7 Å². The maximum atomic E-state index is 13.2. The summed E-state index contributed by atoms with van der Waals surface area (Å²) < 4.78 is 13.1. The number of thiazole rings is 1. The second-order valence-electron chi connectivity index (χ2n) is 6.73. The molecule has 0 radical (unpaired) electrons. The van der Waals surface area contributed by atoms with Gasteiger partial charge in [-0.15, -0.1) is 23.1 Å². The predicted octanol–water partition coefficient (Wildman–Crippen LogP) is 6.93. The quantitative estimate of drug-likeness (QED) is 0.276. The van der Waals surface area contributed by atoms with Crippen molar-refractivity contribution in [2.45, 2.75) is 11.4 Å². The van der Waals surface area contributed by atoms with Gasteiger partial charge in [0, 0.05) is 20.9 Å². The van der Waals surface area contributed by atoms with Crippen molar-refractivity contribution in [3.63, 3.8) is 0 Å². The molecule has 0 bridgehead atoms. The first-order valence-corrected chi connectivity index (χ1v) is 11.8. The van der Waals surface area contributed by atoms with Crippen molar-refractivity contribution >= 4 is 45.7 Å². The van der Waals surface area contributed by atoms with E-state index in [9.17, 15) is 9.18 Å².